The SMILES string of the molecule is CC(=O)Nc1ccc(F)c(NC(=O)c2cccc(F)c2)c1. The maximum atomic E-state index is 13.7. The predicted molar refractivity (Wildman–Crippen MR) is 75.1 cm³/mol. The van der Waals surface area contributed by atoms with Crippen LogP contribution in [0.4, 0.5) is 20.2 Å². The lowest BCUT2D eigenvalue weighted by Gasteiger charge is -2.09. The van der Waals surface area contributed by atoms with Gasteiger partial charge in [-0.05, 0) is 36.4 Å². The fourth-order valence-electron chi connectivity index (χ4n) is 1.73. The Balaban J connectivity index is 2.22. The van der Waals surface area contributed by atoms with Crippen LogP contribution < -0.4 is 10.6 Å². The maximum Gasteiger partial charge on any atom is 0.255 e. The number of benzene rings is 2. The Morgan fingerprint density at radius 3 is 2.43 bits per heavy atom. The Labute approximate surface area is 119 Å². The molecule has 0 bridgehead atoms. The molecule has 0 spiro atoms. The number of carbonyl (C=O) groups excluding carboxylic acids is 2. The molecular formula is C15H12F2N2O2. The van der Waals surface area contributed by atoms with Crippen LogP contribution in [0.15, 0.2) is 42.5 Å². The third-order valence-electron chi connectivity index (χ3n) is 2.62. The molecule has 0 saturated carbocycles. The monoisotopic (exact) mass is 290 g/mol. The van der Waals surface area contributed by atoms with Crippen LogP contribution in [0, 0.1) is 11.6 Å². The van der Waals surface area contributed by atoms with E-state index in [2.05, 4.69) is 10.6 Å². The Kier molecular flexibility index (Phi) is 4.27. The van der Waals surface area contributed by atoms with Crippen LogP contribution in [-0.2, 0) is 4.79 Å². The molecule has 2 aromatic rings. The average molecular weight is 290 g/mol. The van der Waals surface area contributed by atoms with Crippen LogP contribution in [0.25, 0.3) is 0 Å². The number of carbonyl (C=O) groups is 2. The first-order valence-corrected chi connectivity index (χ1v) is 6.10. The normalized spacial score (nSPS) is 10.0. The van der Waals surface area contributed by atoms with Gasteiger partial charge < -0.3 is 10.6 Å². The van der Waals surface area contributed by atoms with Gasteiger partial charge in [0.25, 0.3) is 5.91 Å². The van der Waals surface area contributed by atoms with Gasteiger partial charge in [-0.2, -0.15) is 0 Å². The second kappa shape index (κ2) is 6.13. The minimum absolute atomic E-state index is 0.0688. The smallest absolute Gasteiger partial charge is 0.255 e. The molecule has 0 aromatic heterocycles. The highest BCUT2D eigenvalue weighted by atomic mass is 19.1. The van der Waals surface area contributed by atoms with Crippen molar-refractivity contribution < 1.29 is 18.4 Å². The van der Waals surface area contributed by atoms with E-state index in [1.807, 2.05) is 0 Å². The highest BCUT2D eigenvalue weighted by Crippen LogP contribution is 2.20. The molecule has 0 heterocycles. The molecule has 108 valence electrons. The second-order valence-corrected chi connectivity index (χ2v) is 4.34. The van der Waals surface area contributed by atoms with Crippen LogP contribution in [0.5, 0.6) is 0 Å². The summed E-state index contributed by atoms with van der Waals surface area (Å²) in [6, 6.07) is 8.82. The summed E-state index contributed by atoms with van der Waals surface area (Å²) < 4.78 is 26.7. The Hall–Kier alpha value is -2.76. The van der Waals surface area contributed by atoms with Crippen LogP contribution >= 0.6 is 0 Å². The van der Waals surface area contributed by atoms with E-state index in [9.17, 15) is 18.4 Å². The average Bonchev–Trinajstić information content (AvgIpc) is 2.42. The molecule has 2 rings (SSSR count). The first-order chi connectivity index (χ1) is 9.95. The number of amides is 2. The minimum Gasteiger partial charge on any atom is -0.326 e. The lowest BCUT2D eigenvalue weighted by atomic mass is 10.2. The molecular weight excluding hydrogens is 278 g/mol. The van der Waals surface area contributed by atoms with Gasteiger partial charge in [-0.1, -0.05) is 6.07 Å². The summed E-state index contributed by atoms with van der Waals surface area (Å²) in [7, 11) is 0. The maximum absolute atomic E-state index is 13.7. The summed E-state index contributed by atoms with van der Waals surface area (Å²) in [6.07, 6.45) is 0. The summed E-state index contributed by atoms with van der Waals surface area (Å²) in [6.45, 7) is 1.31. The van der Waals surface area contributed by atoms with Crippen LogP contribution in [0.2, 0.25) is 0 Å². The number of rotatable bonds is 3. The van der Waals surface area contributed by atoms with E-state index >= 15 is 0 Å². The minimum atomic E-state index is -0.658. The highest BCUT2D eigenvalue weighted by Gasteiger charge is 2.11. The lowest BCUT2D eigenvalue weighted by Crippen LogP contribution is -2.14. The largest absolute Gasteiger partial charge is 0.326 e. The van der Waals surface area contributed by atoms with Crippen molar-refractivity contribution in [2.45, 2.75) is 6.92 Å². The number of halogens is 2. The van der Waals surface area contributed by atoms with Crippen molar-refractivity contribution in [3.8, 4) is 0 Å². The molecule has 2 N–H and O–H groups in total. The zero-order chi connectivity index (χ0) is 15.4. The van der Waals surface area contributed by atoms with Crippen molar-refractivity contribution in [3.63, 3.8) is 0 Å². The molecule has 4 nitrogen and oxygen atoms in total. The summed E-state index contributed by atoms with van der Waals surface area (Å²) in [4.78, 5) is 22.9. The molecule has 0 unspecified atom stereocenters. The molecule has 0 aliphatic carbocycles. The van der Waals surface area contributed by atoms with E-state index in [-0.39, 0.29) is 17.2 Å². The third-order valence-corrected chi connectivity index (χ3v) is 2.62. The molecule has 0 saturated heterocycles. The van der Waals surface area contributed by atoms with E-state index in [4.69, 9.17) is 0 Å². The van der Waals surface area contributed by atoms with E-state index in [0.717, 1.165) is 12.1 Å². The van der Waals surface area contributed by atoms with Crippen molar-refractivity contribution >= 4 is 23.2 Å². The van der Waals surface area contributed by atoms with Crippen LogP contribution in [0.1, 0.15) is 17.3 Å². The lowest BCUT2D eigenvalue weighted by molar-refractivity contribution is -0.114. The van der Waals surface area contributed by atoms with Gasteiger partial charge in [-0.15, -0.1) is 0 Å². The van der Waals surface area contributed by atoms with E-state index in [1.54, 1.807) is 0 Å². The summed E-state index contributed by atoms with van der Waals surface area (Å²) in [5, 5.41) is 4.81. The van der Waals surface area contributed by atoms with Crippen LogP contribution in [-0.4, -0.2) is 11.8 Å². The number of hydrogen-bond donors (Lipinski definition) is 2. The Bertz CT molecular complexity index is 702. The van der Waals surface area contributed by atoms with Crippen molar-refractivity contribution in [2.75, 3.05) is 10.6 Å². The van der Waals surface area contributed by atoms with E-state index < -0.39 is 17.5 Å². The van der Waals surface area contributed by atoms with Gasteiger partial charge in [0.1, 0.15) is 11.6 Å². The summed E-state index contributed by atoms with van der Waals surface area (Å²) in [5.41, 5.74) is 0.313. The number of hydrogen-bond acceptors (Lipinski definition) is 2. The fourth-order valence-corrected chi connectivity index (χ4v) is 1.73. The van der Waals surface area contributed by atoms with Gasteiger partial charge in [0, 0.05) is 18.2 Å². The predicted octanol–water partition coefficient (Wildman–Crippen LogP) is 3.18. The van der Waals surface area contributed by atoms with Crippen molar-refractivity contribution in [2.24, 2.45) is 0 Å². The summed E-state index contributed by atoms with van der Waals surface area (Å²) >= 11 is 0. The summed E-state index contributed by atoms with van der Waals surface area (Å²) in [5.74, 6) is -2.18. The molecule has 0 aliphatic heterocycles. The molecule has 21 heavy (non-hydrogen) atoms. The molecule has 0 atom stereocenters. The number of nitrogens with one attached hydrogen (secondary N) is 2. The van der Waals surface area contributed by atoms with Crippen molar-refractivity contribution in [1.82, 2.24) is 0 Å². The quantitative estimate of drug-likeness (QED) is 0.912. The van der Waals surface area contributed by atoms with Gasteiger partial charge in [0.2, 0.25) is 5.91 Å². The standard InChI is InChI=1S/C15H12F2N2O2/c1-9(20)18-12-5-6-13(17)14(8-12)19-15(21)10-3-2-4-11(16)7-10/h2-8H,1H3,(H,18,20)(H,19,21). The van der Waals surface area contributed by atoms with Gasteiger partial charge in [0.05, 0.1) is 5.69 Å². The zero-order valence-electron chi connectivity index (χ0n) is 11.1. The van der Waals surface area contributed by atoms with Gasteiger partial charge in [-0.3, -0.25) is 9.59 Å². The molecule has 0 radical (unpaired) electrons. The first kappa shape index (κ1) is 14.6. The van der Waals surface area contributed by atoms with Crippen molar-refractivity contribution in [3.05, 3.63) is 59.7 Å². The van der Waals surface area contributed by atoms with E-state index in [1.165, 1.54) is 37.3 Å². The van der Waals surface area contributed by atoms with Gasteiger partial charge in [-0.25, -0.2) is 8.78 Å². The molecule has 0 aliphatic rings. The molecule has 6 heteroatoms. The highest BCUT2D eigenvalue weighted by molar-refractivity contribution is 6.04. The van der Waals surface area contributed by atoms with Gasteiger partial charge in [0.15, 0.2) is 0 Å². The first-order valence-electron chi connectivity index (χ1n) is 6.10. The third kappa shape index (κ3) is 3.85. The number of anilines is 2. The van der Waals surface area contributed by atoms with Gasteiger partial charge >= 0.3 is 0 Å². The molecule has 0 fully saturated rings. The molecule has 2 amide bonds. The molecule has 2 aromatic carbocycles. The Morgan fingerprint density at radius 2 is 1.76 bits per heavy atom. The Morgan fingerprint density at radius 1 is 1.00 bits per heavy atom. The topological polar surface area (TPSA) is 58.2 Å². The zero-order valence-corrected chi connectivity index (χ0v) is 11.1. The van der Waals surface area contributed by atoms with Crippen LogP contribution in [0.3, 0.4) is 0 Å². The second-order valence-electron chi connectivity index (χ2n) is 4.34. The fraction of sp³-hybridized carbons (Fsp3) is 0.0667. The van der Waals surface area contributed by atoms with Crippen molar-refractivity contribution in [1.29, 1.82) is 0 Å². The van der Waals surface area contributed by atoms with E-state index in [0.29, 0.717) is 5.69 Å².